The van der Waals surface area contributed by atoms with Gasteiger partial charge < -0.3 is 10.2 Å². The first-order valence-corrected chi connectivity index (χ1v) is 8.39. The van der Waals surface area contributed by atoms with Crippen molar-refractivity contribution in [1.29, 1.82) is 0 Å². The molecule has 3 nitrogen and oxygen atoms in total. The van der Waals surface area contributed by atoms with E-state index in [1.54, 1.807) is 0 Å². The average Bonchev–Trinajstić information content (AvgIpc) is 2.61. The molecule has 0 spiro atoms. The molecule has 1 atom stereocenters. The van der Waals surface area contributed by atoms with Gasteiger partial charge in [-0.2, -0.15) is 0 Å². The highest BCUT2D eigenvalue weighted by atomic mass is 15.3. The van der Waals surface area contributed by atoms with Gasteiger partial charge in [-0.25, -0.2) is 0 Å². The molecule has 0 aliphatic carbocycles. The predicted octanol–water partition coefficient (Wildman–Crippen LogP) is 3.64. The van der Waals surface area contributed by atoms with Crippen molar-refractivity contribution in [2.45, 2.75) is 32.5 Å². The number of amidine groups is 1. The van der Waals surface area contributed by atoms with Crippen LogP contribution in [0.25, 0.3) is 0 Å². The number of nitrogens with zero attached hydrogens (tertiary/aromatic N) is 2. The highest BCUT2D eigenvalue weighted by Gasteiger charge is 2.28. The zero-order valence-electron chi connectivity index (χ0n) is 13.9. The van der Waals surface area contributed by atoms with Gasteiger partial charge in [0, 0.05) is 19.1 Å². The molecule has 1 aliphatic rings. The largest absolute Gasteiger partial charge is 0.355 e. The Hall–Kier alpha value is -2.13. The molecule has 2 aromatic carbocycles. The van der Waals surface area contributed by atoms with E-state index in [0.29, 0.717) is 6.04 Å². The molecule has 0 bridgehead atoms. The summed E-state index contributed by atoms with van der Waals surface area (Å²) in [7, 11) is 0. The molecule has 0 saturated carbocycles. The van der Waals surface area contributed by atoms with Crippen LogP contribution in [0.1, 0.15) is 31.0 Å². The fourth-order valence-corrected chi connectivity index (χ4v) is 3.07. The minimum absolute atomic E-state index is 0.177. The lowest BCUT2D eigenvalue weighted by molar-refractivity contribution is 0.299. The lowest BCUT2D eigenvalue weighted by Gasteiger charge is -2.39. The second-order valence-electron chi connectivity index (χ2n) is 6.24. The highest BCUT2D eigenvalue weighted by Crippen LogP contribution is 2.22. The van der Waals surface area contributed by atoms with Gasteiger partial charge >= 0.3 is 0 Å². The van der Waals surface area contributed by atoms with Gasteiger partial charge in [0.25, 0.3) is 0 Å². The molecule has 3 heteroatoms. The first kappa shape index (κ1) is 15.8. The third kappa shape index (κ3) is 3.80. The second-order valence-corrected chi connectivity index (χ2v) is 6.24. The van der Waals surface area contributed by atoms with Crippen molar-refractivity contribution in [2.75, 3.05) is 13.1 Å². The Kier molecular flexibility index (Phi) is 5.09. The van der Waals surface area contributed by atoms with E-state index >= 15 is 0 Å². The van der Waals surface area contributed by atoms with Crippen molar-refractivity contribution < 1.29 is 0 Å². The van der Waals surface area contributed by atoms with Crippen LogP contribution in [0, 0.1) is 0 Å². The molecule has 1 heterocycles. The summed E-state index contributed by atoms with van der Waals surface area (Å²) in [6.07, 6.45) is 0. The van der Waals surface area contributed by atoms with Gasteiger partial charge in [0.1, 0.15) is 5.84 Å². The van der Waals surface area contributed by atoms with Gasteiger partial charge in [-0.3, -0.25) is 4.99 Å². The van der Waals surface area contributed by atoms with Crippen LogP contribution >= 0.6 is 0 Å². The zero-order valence-corrected chi connectivity index (χ0v) is 13.9. The quantitative estimate of drug-likeness (QED) is 0.934. The van der Waals surface area contributed by atoms with E-state index in [4.69, 9.17) is 4.99 Å². The fourth-order valence-electron chi connectivity index (χ4n) is 3.07. The third-order valence-electron chi connectivity index (χ3n) is 4.28. The molecule has 0 radical (unpaired) electrons. The lowest BCUT2D eigenvalue weighted by atomic mass is 10.0. The first-order valence-electron chi connectivity index (χ1n) is 8.39. The van der Waals surface area contributed by atoms with Crippen LogP contribution in [0.15, 0.2) is 65.7 Å². The van der Waals surface area contributed by atoms with Crippen LogP contribution in [0.3, 0.4) is 0 Å². The number of hydrogen-bond acceptors (Lipinski definition) is 2. The molecule has 2 aromatic rings. The number of aliphatic imine (C=N–C) groups is 1. The summed E-state index contributed by atoms with van der Waals surface area (Å²) in [5.41, 5.74) is 2.53. The molecule has 0 aromatic heterocycles. The van der Waals surface area contributed by atoms with Crippen molar-refractivity contribution >= 4 is 5.84 Å². The summed E-state index contributed by atoms with van der Waals surface area (Å²) in [5, 5.41) is 3.63. The van der Waals surface area contributed by atoms with Gasteiger partial charge in [-0.05, 0) is 25.0 Å². The topological polar surface area (TPSA) is 27.6 Å². The van der Waals surface area contributed by atoms with Crippen LogP contribution in [0.2, 0.25) is 0 Å². The maximum Gasteiger partial charge on any atom is 0.121 e. The Balaban J connectivity index is 1.90. The van der Waals surface area contributed by atoms with Gasteiger partial charge in [-0.15, -0.1) is 0 Å². The number of piperazine rings is 1. The smallest absolute Gasteiger partial charge is 0.121 e. The Morgan fingerprint density at radius 3 is 2.35 bits per heavy atom. The molecule has 1 saturated heterocycles. The maximum atomic E-state index is 4.99. The van der Waals surface area contributed by atoms with Crippen LogP contribution in [-0.2, 0) is 6.54 Å². The standard InChI is InChI=1S/C20H25N3/c1-16(2)23-14-13-21-19(18-11-7-4-8-12-18)20(23)22-15-17-9-5-3-6-10-17/h3-12,16,19,21H,13-15H2,1-2H3/b22-20-. The van der Waals surface area contributed by atoms with Crippen LogP contribution in [-0.4, -0.2) is 29.9 Å². The first-order chi connectivity index (χ1) is 11.3. The summed E-state index contributed by atoms with van der Waals surface area (Å²) in [6, 6.07) is 21.7. The molecule has 3 rings (SSSR count). The van der Waals surface area contributed by atoms with Gasteiger partial charge in [-0.1, -0.05) is 60.7 Å². The number of hydrogen-bond donors (Lipinski definition) is 1. The molecule has 1 fully saturated rings. The van der Waals surface area contributed by atoms with E-state index in [9.17, 15) is 0 Å². The SMILES string of the molecule is CC(C)N1CCNC(c2ccccc2)/C1=N/Cc1ccccc1. The number of nitrogens with one attached hydrogen (secondary N) is 1. The van der Waals surface area contributed by atoms with E-state index in [-0.39, 0.29) is 6.04 Å². The normalized spacial score (nSPS) is 20.2. The molecular formula is C20H25N3. The zero-order chi connectivity index (χ0) is 16.1. The van der Waals surface area contributed by atoms with Crippen molar-refractivity contribution in [1.82, 2.24) is 10.2 Å². The molecule has 0 amide bonds. The van der Waals surface area contributed by atoms with Crippen LogP contribution in [0.5, 0.6) is 0 Å². The Bertz CT molecular complexity index is 634. The number of benzene rings is 2. The summed E-state index contributed by atoms with van der Waals surface area (Å²) in [6.45, 7) is 7.21. The van der Waals surface area contributed by atoms with E-state index in [1.807, 2.05) is 6.07 Å². The number of rotatable bonds is 4. The minimum Gasteiger partial charge on any atom is -0.355 e. The highest BCUT2D eigenvalue weighted by molar-refractivity contribution is 5.89. The molecule has 120 valence electrons. The lowest BCUT2D eigenvalue weighted by Crippen LogP contribution is -2.52. The Labute approximate surface area is 139 Å². The van der Waals surface area contributed by atoms with E-state index < -0.39 is 0 Å². The average molecular weight is 307 g/mol. The molecule has 23 heavy (non-hydrogen) atoms. The van der Waals surface area contributed by atoms with Crippen molar-refractivity contribution in [3.05, 3.63) is 71.8 Å². The van der Waals surface area contributed by atoms with Gasteiger partial charge in [0.2, 0.25) is 0 Å². The van der Waals surface area contributed by atoms with Gasteiger partial charge in [0.05, 0.1) is 12.6 Å². The maximum absolute atomic E-state index is 4.99. The minimum atomic E-state index is 0.177. The van der Waals surface area contributed by atoms with Crippen LogP contribution < -0.4 is 5.32 Å². The van der Waals surface area contributed by atoms with E-state index in [0.717, 1.165) is 25.5 Å². The van der Waals surface area contributed by atoms with Crippen molar-refractivity contribution in [3.63, 3.8) is 0 Å². The summed E-state index contributed by atoms with van der Waals surface area (Å²) < 4.78 is 0. The van der Waals surface area contributed by atoms with E-state index in [1.165, 1.54) is 11.1 Å². The van der Waals surface area contributed by atoms with Gasteiger partial charge in [0.15, 0.2) is 0 Å². The fraction of sp³-hybridized carbons (Fsp3) is 0.350. The third-order valence-corrected chi connectivity index (χ3v) is 4.28. The van der Waals surface area contributed by atoms with Crippen molar-refractivity contribution in [3.8, 4) is 0 Å². The summed E-state index contributed by atoms with van der Waals surface area (Å²) >= 11 is 0. The summed E-state index contributed by atoms with van der Waals surface area (Å²) in [5.74, 6) is 1.15. The molecule has 1 N–H and O–H groups in total. The van der Waals surface area contributed by atoms with Crippen LogP contribution in [0.4, 0.5) is 0 Å². The molecule has 1 unspecified atom stereocenters. The molecule has 1 aliphatic heterocycles. The monoisotopic (exact) mass is 307 g/mol. The summed E-state index contributed by atoms with van der Waals surface area (Å²) in [4.78, 5) is 7.42. The molecular weight excluding hydrogens is 282 g/mol. The van der Waals surface area contributed by atoms with E-state index in [2.05, 4.69) is 78.7 Å². The second kappa shape index (κ2) is 7.42. The predicted molar refractivity (Wildman–Crippen MR) is 96.6 cm³/mol. The Morgan fingerprint density at radius 1 is 1.04 bits per heavy atom. The van der Waals surface area contributed by atoms with Crippen molar-refractivity contribution in [2.24, 2.45) is 4.99 Å². The Morgan fingerprint density at radius 2 is 1.70 bits per heavy atom.